The van der Waals surface area contributed by atoms with Gasteiger partial charge >= 0.3 is 0 Å². The van der Waals surface area contributed by atoms with Gasteiger partial charge in [-0.05, 0) is 28.9 Å². The van der Waals surface area contributed by atoms with Gasteiger partial charge in [-0.1, -0.05) is 0 Å². The van der Waals surface area contributed by atoms with Gasteiger partial charge in [-0.3, -0.25) is 4.68 Å². The predicted octanol–water partition coefficient (Wildman–Crippen LogP) is 2.80. The molecule has 0 aliphatic carbocycles. The summed E-state index contributed by atoms with van der Waals surface area (Å²) in [6.07, 6.45) is 0. The standard InChI is InChI=1S/C9H10BrN3S/c1-5-8(9(11)13(2)12-5)7-3-6(10)4-14-7/h3-4H,11H2,1-2H3. The largest absolute Gasteiger partial charge is 0.383 e. The van der Waals surface area contributed by atoms with Crippen molar-refractivity contribution in [2.75, 3.05) is 5.73 Å². The van der Waals surface area contributed by atoms with Crippen LogP contribution in [0.15, 0.2) is 15.9 Å². The molecule has 2 aromatic rings. The summed E-state index contributed by atoms with van der Waals surface area (Å²) in [7, 11) is 1.86. The van der Waals surface area contributed by atoms with Gasteiger partial charge in [-0.25, -0.2) is 0 Å². The molecule has 0 aromatic carbocycles. The molecule has 0 unspecified atom stereocenters. The van der Waals surface area contributed by atoms with Crippen molar-refractivity contribution < 1.29 is 0 Å². The SMILES string of the molecule is Cc1nn(C)c(N)c1-c1cc(Br)cs1. The van der Waals surface area contributed by atoms with E-state index in [-0.39, 0.29) is 0 Å². The summed E-state index contributed by atoms with van der Waals surface area (Å²) >= 11 is 5.09. The molecule has 2 rings (SSSR count). The fourth-order valence-corrected chi connectivity index (χ4v) is 2.96. The number of aryl methyl sites for hydroxylation is 2. The topological polar surface area (TPSA) is 43.8 Å². The van der Waals surface area contributed by atoms with Crippen LogP contribution in [0, 0.1) is 6.92 Å². The number of rotatable bonds is 1. The van der Waals surface area contributed by atoms with Crippen LogP contribution in [0.3, 0.4) is 0 Å². The zero-order chi connectivity index (χ0) is 10.3. The van der Waals surface area contributed by atoms with Gasteiger partial charge < -0.3 is 5.73 Å². The molecule has 5 heteroatoms. The molecule has 2 heterocycles. The van der Waals surface area contributed by atoms with Crippen molar-refractivity contribution in [3.63, 3.8) is 0 Å². The number of aromatic nitrogens is 2. The van der Waals surface area contributed by atoms with Crippen LogP contribution < -0.4 is 5.73 Å². The highest BCUT2D eigenvalue weighted by atomic mass is 79.9. The fraction of sp³-hybridized carbons (Fsp3) is 0.222. The second kappa shape index (κ2) is 3.40. The summed E-state index contributed by atoms with van der Waals surface area (Å²) in [5.41, 5.74) is 7.95. The number of hydrogen-bond acceptors (Lipinski definition) is 3. The van der Waals surface area contributed by atoms with Gasteiger partial charge in [0.15, 0.2) is 0 Å². The minimum absolute atomic E-state index is 0.719. The van der Waals surface area contributed by atoms with Gasteiger partial charge in [-0.15, -0.1) is 11.3 Å². The molecule has 0 bridgehead atoms. The number of hydrogen-bond donors (Lipinski definition) is 1. The molecule has 0 radical (unpaired) electrons. The molecular formula is C9H10BrN3S. The minimum Gasteiger partial charge on any atom is -0.383 e. The first-order valence-electron chi connectivity index (χ1n) is 4.13. The lowest BCUT2D eigenvalue weighted by Crippen LogP contribution is -1.97. The smallest absolute Gasteiger partial charge is 0.130 e. The maximum absolute atomic E-state index is 5.94. The minimum atomic E-state index is 0.719. The van der Waals surface area contributed by atoms with E-state index in [1.165, 1.54) is 0 Å². The summed E-state index contributed by atoms with van der Waals surface area (Å²) < 4.78 is 2.79. The van der Waals surface area contributed by atoms with Crippen LogP contribution in [0.1, 0.15) is 5.69 Å². The zero-order valence-electron chi connectivity index (χ0n) is 7.91. The van der Waals surface area contributed by atoms with E-state index in [1.807, 2.05) is 19.4 Å². The molecule has 14 heavy (non-hydrogen) atoms. The first kappa shape index (κ1) is 9.73. The van der Waals surface area contributed by atoms with Crippen molar-refractivity contribution in [1.82, 2.24) is 9.78 Å². The average molecular weight is 272 g/mol. The molecule has 0 saturated heterocycles. The summed E-state index contributed by atoms with van der Waals surface area (Å²) in [5.74, 6) is 0.719. The maximum Gasteiger partial charge on any atom is 0.130 e. The number of anilines is 1. The highest BCUT2D eigenvalue weighted by molar-refractivity contribution is 9.10. The van der Waals surface area contributed by atoms with E-state index in [9.17, 15) is 0 Å². The van der Waals surface area contributed by atoms with Crippen molar-refractivity contribution in [2.45, 2.75) is 6.92 Å². The highest BCUT2D eigenvalue weighted by Crippen LogP contribution is 2.35. The van der Waals surface area contributed by atoms with Crippen LogP contribution >= 0.6 is 27.3 Å². The van der Waals surface area contributed by atoms with Crippen molar-refractivity contribution in [2.24, 2.45) is 7.05 Å². The first-order valence-corrected chi connectivity index (χ1v) is 5.80. The van der Waals surface area contributed by atoms with Gasteiger partial charge in [-0.2, -0.15) is 5.10 Å². The third kappa shape index (κ3) is 1.46. The third-order valence-corrected chi connectivity index (χ3v) is 3.79. The molecule has 0 spiro atoms. The number of thiophene rings is 1. The first-order chi connectivity index (χ1) is 6.59. The van der Waals surface area contributed by atoms with Crippen molar-refractivity contribution in [3.8, 4) is 10.4 Å². The molecule has 2 N–H and O–H groups in total. The summed E-state index contributed by atoms with van der Waals surface area (Å²) in [6, 6.07) is 2.06. The average Bonchev–Trinajstić information content (AvgIpc) is 2.60. The van der Waals surface area contributed by atoms with Gasteiger partial charge in [0.05, 0.1) is 11.3 Å². The van der Waals surface area contributed by atoms with E-state index in [1.54, 1.807) is 16.0 Å². The molecule has 0 amide bonds. The van der Waals surface area contributed by atoms with E-state index >= 15 is 0 Å². The molecule has 0 saturated carbocycles. The Hall–Kier alpha value is -0.810. The summed E-state index contributed by atoms with van der Waals surface area (Å²) in [5, 5.41) is 6.32. The Morgan fingerprint density at radius 3 is 2.71 bits per heavy atom. The second-order valence-corrected chi connectivity index (χ2v) is 4.93. The Morgan fingerprint density at radius 2 is 2.29 bits per heavy atom. The van der Waals surface area contributed by atoms with Crippen LogP contribution in [0.25, 0.3) is 10.4 Å². The van der Waals surface area contributed by atoms with E-state index < -0.39 is 0 Å². The maximum atomic E-state index is 5.94. The molecular weight excluding hydrogens is 262 g/mol. The number of halogens is 1. The summed E-state index contributed by atoms with van der Waals surface area (Å²) in [4.78, 5) is 1.15. The molecule has 74 valence electrons. The lowest BCUT2D eigenvalue weighted by molar-refractivity contribution is 0.767. The second-order valence-electron chi connectivity index (χ2n) is 3.10. The molecule has 0 fully saturated rings. The third-order valence-electron chi connectivity index (χ3n) is 2.08. The van der Waals surface area contributed by atoms with E-state index in [2.05, 4.69) is 27.1 Å². The highest BCUT2D eigenvalue weighted by Gasteiger charge is 2.13. The monoisotopic (exact) mass is 271 g/mol. The Balaban J connectivity index is 2.61. The molecule has 0 aliphatic heterocycles. The quantitative estimate of drug-likeness (QED) is 0.867. The Bertz CT molecular complexity index is 472. The van der Waals surface area contributed by atoms with Gasteiger partial charge in [0, 0.05) is 21.8 Å². The van der Waals surface area contributed by atoms with E-state index in [0.29, 0.717) is 0 Å². The van der Waals surface area contributed by atoms with Crippen molar-refractivity contribution in [3.05, 3.63) is 21.6 Å². The lowest BCUT2D eigenvalue weighted by Gasteiger charge is -1.96. The van der Waals surface area contributed by atoms with Crippen LogP contribution in [0.5, 0.6) is 0 Å². The predicted molar refractivity (Wildman–Crippen MR) is 63.4 cm³/mol. The molecule has 0 atom stereocenters. The van der Waals surface area contributed by atoms with Crippen LogP contribution in [-0.2, 0) is 7.05 Å². The number of nitrogen functional groups attached to an aromatic ring is 1. The zero-order valence-corrected chi connectivity index (χ0v) is 10.3. The number of nitrogens with zero attached hydrogens (tertiary/aromatic N) is 2. The van der Waals surface area contributed by atoms with Gasteiger partial charge in [0.2, 0.25) is 0 Å². The Morgan fingerprint density at radius 1 is 1.57 bits per heavy atom. The van der Waals surface area contributed by atoms with Crippen molar-refractivity contribution >= 4 is 33.1 Å². The molecule has 2 aromatic heterocycles. The van der Waals surface area contributed by atoms with E-state index in [4.69, 9.17) is 5.73 Å². The number of nitrogens with two attached hydrogens (primary N) is 1. The van der Waals surface area contributed by atoms with Crippen LogP contribution in [-0.4, -0.2) is 9.78 Å². The Kier molecular flexibility index (Phi) is 2.36. The van der Waals surface area contributed by atoms with Crippen LogP contribution in [0.4, 0.5) is 5.82 Å². The normalized spacial score (nSPS) is 10.8. The van der Waals surface area contributed by atoms with Gasteiger partial charge in [0.1, 0.15) is 5.82 Å². The van der Waals surface area contributed by atoms with Gasteiger partial charge in [0.25, 0.3) is 0 Å². The fourth-order valence-electron chi connectivity index (χ4n) is 1.42. The van der Waals surface area contributed by atoms with E-state index in [0.717, 1.165) is 26.4 Å². The summed E-state index contributed by atoms with van der Waals surface area (Å²) in [6.45, 7) is 1.97. The van der Waals surface area contributed by atoms with Crippen LogP contribution in [0.2, 0.25) is 0 Å². The van der Waals surface area contributed by atoms with Crippen molar-refractivity contribution in [1.29, 1.82) is 0 Å². The Labute approximate surface area is 94.7 Å². The molecule has 0 aliphatic rings. The molecule has 3 nitrogen and oxygen atoms in total. The lowest BCUT2D eigenvalue weighted by atomic mass is 10.2.